The Hall–Kier alpha value is -1.56. The van der Waals surface area contributed by atoms with Gasteiger partial charge in [-0.15, -0.1) is 0 Å². The van der Waals surface area contributed by atoms with Crippen molar-refractivity contribution < 1.29 is 13.2 Å². The van der Waals surface area contributed by atoms with E-state index in [4.69, 9.17) is 16.3 Å². The van der Waals surface area contributed by atoms with Crippen LogP contribution >= 0.6 is 11.6 Å². The van der Waals surface area contributed by atoms with Crippen LogP contribution in [0.25, 0.3) is 0 Å². The van der Waals surface area contributed by atoms with Crippen molar-refractivity contribution in [2.45, 2.75) is 39.1 Å². The van der Waals surface area contributed by atoms with Gasteiger partial charge >= 0.3 is 0 Å². The summed E-state index contributed by atoms with van der Waals surface area (Å²) in [5, 5.41) is 0.624. The molecule has 0 aliphatic carbocycles. The Balaban J connectivity index is 2.34. The fraction of sp³-hybridized carbons (Fsp3) is 0.333. The lowest BCUT2D eigenvalue weighted by atomic mass is 10.1. The molecule has 0 fully saturated rings. The second-order valence-corrected chi connectivity index (χ2v) is 7.99. The molecule has 2 rings (SSSR count). The maximum absolute atomic E-state index is 12.8. The molecule has 2 aromatic carbocycles. The number of benzene rings is 2. The zero-order valence-electron chi connectivity index (χ0n) is 14.5. The van der Waals surface area contributed by atoms with Crippen LogP contribution in [0.2, 0.25) is 5.02 Å². The topological polar surface area (TPSA) is 55.4 Å². The maximum Gasteiger partial charge on any atom is 0.241 e. The van der Waals surface area contributed by atoms with Gasteiger partial charge in [-0.2, -0.15) is 0 Å². The van der Waals surface area contributed by atoms with Gasteiger partial charge in [0.15, 0.2) is 0 Å². The van der Waals surface area contributed by atoms with Gasteiger partial charge in [-0.25, -0.2) is 13.1 Å². The first-order valence-corrected chi connectivity index (χ1v) is 9.43. The summed E-state index contributed by atoms with van der Waals surface area (Å²) in [6, 6.07) is 7.26. The summed E-state index contributed by atoms with van der Waals surface area (Å²) in [7, 11) is -2.06. The van der Waals surface area contributed by atoms with Crippen molar-refractivity contribution in [2.24, 2.45) is 0 Å². The molecule has 0 saturated carbocycles. The van der Waals surface area contributed by atoms with Crippen LogP contribution in [0.4, 0.5) is 0 Å². The van der Waals surface area contributed by atoms with Crippen LogP contribution in [0.15, 0.2) is 29.2 Å². The molecule has 0 bridgehead atoms. The molecule has 0 aliphatic heterocycles. The molecule has 0 saturated heterocycles. The van der Waals surface area contributed by atoms with Crippen molar-refractivity contribution in [3.8, 4) is 5.75 Å². The van der Waals surface area contributed by atoms with E-state index in [1.807, 2.05) is 26.0 Å². The third kappa shape index (κ3) is 3.74. The Morgan fingerprint density at radius 3 is 2.29 bits per heavy atom. The van der Waals surface area contributed by atoms with Gasteiger partial charge in [0.05, 0.1) is 12.0 Å². The minimum absolute atomic E-state index is 0.187. The zero-order chi connectivity index (χ0) is 18.1. The summed E-state index contributed by atoms with van der Waals surface area (Å²) in [6.45, 7) is 7.51. The normalized spacial score (nSPS) is 11.6. The van der Waals surface area contributed by atoms with Gasteiger partial charge in [0.1, 0.15) is 5.75 Å². The summed E-state index contributed by atoms with van der Waals surface area (Å²) in [6.07, 6.45) is 0. The van der Waals surface area contributed by atoms with Crippen LogP contribution in [0, 0.1) is 27.7 Å². The van der Waals surface area contributed by atoms with E-state index in [2.05, 4.69) is 4.72 Å². The van der Waals surface area contributed by atoms with Gasteiger partial charge in [-0.3, -0.25) is 0 Å². The molecule has 0 heterocycles. The Labute approximate surface area is 148 Å². The van der Waals surface area contributed by atoms with E-state index in [9.17, 15) is 8.42 Å². The predicted octanol–water partition coefficient (Wildman–Crippen LogP) is 4.06. The monoisotopic (exact) mass is 367 g/mol. The molecule has 1 N–H and O–H groups in total. The molecule has 0 aromatic heterocycles. The van der Waals surface area contributed by atoms with Crippen LogP contribution in [-0.2, 0) is 16.6 Å². The smallest absolute Gasteiger partial charge is 0.241 e. The van der Waals surface area contributed by atoms with E-state index in [-0.39, 0.29) is 6.54 Å². The lowest BCUT2D eigenvalue weighted by molar-refractivity contribution is 0.410. The number of nitrogens with one attached hydrogen (secondary N) is 1. The molecule has 0 spiro atoms. The van der Waals surface area contributed by atoms with Crippen molar-refractivity contribution >= 4 is 21.6 Å². The summed E-state index contributed by atoms with van der Waals surface area (Å²) in [4.78, 5) is 0.305. The maximum atomic E-state index is 12.8. The fourth-order valence-corrected chi connectivity index (χ4v) is 4.39. The highest BCUT2D eigenvalue weighted by molar-refractivity contribution is 7.89. The standard InChI is InChI=1S/C18H22ClNO3S/c1-11-6-7-15(9-16(11)19)10-20-24(21,22)18-12(2)8-17(23-5)13(3)14(18)4/h6-9,20H,10H2,1-5H3. The first-order chi connectivity index (χ1) is 11.2. The molecule has 2 aromatic rings. The van der Waals surface area contributed by atoms with Gasteiger partial charge in [0, 0.05) is 11.6 Å². The number of methoxy groups -OCH3 is 1. The predicted molar refractivity (Wildman–Crippen MR) is 97.4 cm³/mol. The summed E-state index contributed by atoms with van der Waals surface area (Å²) >= 11 is 6.09. The lowest BCUT2D eigenvalue weighted by Gasteiger charge is -2.17. The Kier molecular flexibility index (Phi) is 5.58. The van der Waals surface area contributed by atoms with E-state index in [0.717, 1.165) is 16.7 Å². The Morgan fingerprint density at radius 1 is 1.04 bits per heavy atom. The van der Waals surface area contributed by atoms with Gasteiger partial charge in [-0.05, 0) is 67.6 Å². The number of rotatable bonds is 5. The van der Waals surface area contributed by atoms with Crippen LogP contribution in [0.3, 0.4) is 0 Å². The summed E-state index contributed by atoms with van der Waals surface area (Å²) in [5.41, 5.74) is 3.95. The average Bonchev–Trinajstić information content (AvgIpc) is 2.52. The summed E-state index contributed by atoms with van der Waals surface area (Å²) in [5.74, 6) is 0.689. The molecular weight excluding hydrogens is 346 g/mol. The van der Waals surface area contributed by atoms with Crippen molar-refractivity contribution in [1.82, 2.24) is 4.72 Å². The molecule has 0 unspecified atom stereocenters. The first-order valence-electron chi connectivity index (χ1n) is 7.57. The van der Waals surface area contributed by atoms with E-state index in [0.29, 0.717) is 26.8 Å². The van der Waals surface area contributed by atoms with Crippen LogP contribution in [0.1, 0.15) is 27.8 Å². The summed E-state index contributed by atoms with van der Waals surface area (Å²) < 4.78 is 33.5. The van der Waals surface area contributed by atoms with Crippen molar-refractivity contribution in [3.05, 3.63) is 57.1 Å². The second-order valence-electron chi connectivity index (χ2n) is 5.88. The molecular formula is C18H22ClNO3S. The van der Waals surface area contributed by atoms with Crippen molar-refractivity contribution in [1.29, 1.82) is 0 Å². The average molecular weight is 368 g/mol. The number of ether oxygens (including phenoxy) is 1. The van der Waals surface area contributed by atoms with Gasteiger partial charge in [0.2, 0.25) is 10.0 Å². The molecule has 0 radical (unpaired) electrons. The van der Waals surface area contributed by atoms with E-state index < -0.39 is 10.0 Å². The third-order valence-electron chi connectivity index (χ3n) is 4.17. The lowest BCUT2D eigenvalue weighted by Crippen LogP contribution is -2.25. The fourth-order valence-electron chi connectivity index (χ4n) is 2.64. The van der Waals surface area contributed by atoms with Crippen molar-refractivity contribution in [2.75, 3.05) is 7.11 Å². The molecule has 4 nitrogen and oxygen atoms in total. The number of hydrogen-bond acceptors (Lipinski definition) is 3. The molecule has 24 heavy (non-hydrogen) atoms. The van der Waals surface area contributed by atoms with Gasteiger partial charge in [0.25, 0.3) is 0 Å². The molecule has 130 valence electrons. The largest absolute Gasteiger partial charge is 0.496 e. The first kappa shape index (κ1) is 18.8. The van der Waals surface area contributed by atoms with Crippen LogP contribution in [0.5, 0.6) is 5.75 Å². The Bertz CT molecular complexity index is 876. The minimum Gasteiger partial charge on any atom is -0.496 e. The quantitative estimate of drug-likeness (QED) is 0.866. The highest BCUT2D eigenvalue weighted by Crippen LogP contribution is 2.30. The van der Waals surface area contributed by atoms with Gasteiger partial charge in [-0.1, -0.05) is 23.7 Å². The third-order valence-corrected chi connectivity index (χ3v) is 6.27. The van der Waals surface area contributed by atoms with Gasteiger partial charge < -0.3 is 4.74 Å². The minimum atomic E-state index is -3.64. The number of halogens is 1. The Morgan fingerprint density at radius 2 is 1.71 bits per heavy atom. The zero-order valence-corrected chi connectivity index (χ0v) is 16.1. The van der Waals surface area contributed by atoms with E-state index >= 15 is 0 Å². The van der Waals surface area contributed by atoms with E-state index in [1.54, 1.807) is 33.1 Å². The van der Waals surface area contributed by atoms with Crippen LogP contribution in [-0.4, -0.2) is 15.5 Å². The number of hydrogen-bond donors (Lipinski definition) is 1. The molecule has 0 atom stereocenters. The highest BCUT2D eigenvalue weighted by atomic mass is 35.5. The highest BCUT2D eigenvalue weighted by Gasteiger charge is 2.22. The number of aryl methyl sites for hydroxylation is 2. The number of sulfonamides is 1. The van der Waals surface area contributed by atoms with Crippen LogP contribution < -0.4 is 9.46 Å². The van der Waals surface area contributed by atoms with Crippen molar-refractivity contribution in [3.63, 3.8) is 0 Å². The molecule has 0 aliphatic rings. The van der Waals surface area contributed by atoms with E-state index in [1.165, 1.54) is 0 Å². The molecule has 0 amide bonds. The SMILES string of the molecule is COc1cc(C)c(S(=O)(=O)NCc2ccc(C)c(Cl)c2)c(C)c1C. The second kappa shape index (κ2) is 7.13. The molecule has 6 heteroatoms.